The van der Waals surface area contributed by atoms with E-state index >= 15 is 0 Å². The second-order valence-electron chi connectivity index (χ2n) is 6.77. The highest BCUT2D eigenvalue weighted by Gasteiger charge is 2.45. The number of anilines is 1. The summed E-state index contributed by atoms with van der Waals surface area (Å²) in [6, 6.07) is 24.1. The summed E-state index contributed by atoms with van der Waals surface area (Å²) in [5, 5.41) is 0. The fraction of sp³-hybridized carbons (Fsp3) is 0.136. The Morgan fingerprint density at radius 3 is 2.14 bits per heavy atom. The van der Waals surface area contributed by atoms with Crippen LogP contribution >= 0.6 is 0 Å². The number of hydrogen-bond donors (Lipinski definition) is 0. The summed E-state index contributed by atoms with van der Waals surface area (Å²) in [7, 11) is -3.94. The Hall–Kier alpha value is -3.12. The van der Waals surface area contributed by atoms with Crippen LogP contribution < -0.4 is 4.90 Å². The van der Waals surface area contributed by atoms with Crippen LogP contribution in [0.4, 0.5) is 10.5 Å². The highest BCUT2D eigenvalue weighted by Crippen LogP contribution is 2.37. The number of urea groups is 1. The Bertz CT molecular complexity index is 1100. The van der Waals surface area contributed by atoms with Gasteiger partial charge in [-0.2, -0.15) is 0 Å². The van der Waals surface area contributed by atoms with Crippen LogP contribution in [0.15, 0.2) is 89.8 Å². The van der Waals surface area contributed by atoms with Crippen molar-refractivity contribution in [3.8, 4) is 0 Å². The van der Waals surface area contributed by atoms with E-state index in [-0.39, 0.29) is 11.4 Å². The Kier molecular flexibility index (Phi) is 4.65. The zero-order chi connectivity index (χ0) is 19.7. The number of para-hydroxylation sites is 1. The van der Waals surface area contributed by atoms with Crippen LogP contribution in [-0.4, -0.2) is 25.3 Å². The molecule has 0 aromatic heterocycles. The Morgan fingerprint density at radius 2 is 1.50 bits per heavy atom. The summed E-state index contributed by atoms with van der Waals surface area (Å²) in [5.41, 5.74) is 2.63. The van der Waals surface area contributed by atoms with Crippen molar-refractivity contribution < 1.29 is 13.2 Å². The van der Waals surface area contributed by atoms with Crippen molar-refractivity contribution in [2.45, 2.75) is 17.9 Å². The average molecular weight is 392 g/mol. The third-order valence-corrected chi connectivity index (χ3v) is 6.62. The van der Waals surface area contributed by atoms with E-state index in [0.29, 0.717) is 5.69 Å². The van der Waals surface area contributed by atoms with E-state index in [4.69, 9.17) is 0 Å². The van der Waals surface area contributed by atoms with Crippen LogP contribution in [0.2, 0.25) is 0 Å². The lowest BCUT2D eigenvalue weighted by atomic mass is 10.0. The largest absolute Gasteiger partial charge is 0.339 e. The minimum atomic E-state index is -3.94. The average Bonchev–Trinajstić information content (AvgIpc) is 3.07. The smallest absolute Gasteiger partial charge is 0.284 e. The second-order valence-corrected chi connectivity index (χ2v) is 8.63. The first-order valence-electron chi connectivity index (χ1n) is 9.01. The molecule has 1 saturated heterocycles. The van der Waals surface area contributed by atoms with Crippen molar-refractivity contribution in [1.82, 2.24) is 4.31 Å². The zero-order valence-electron chi connectivity index (χ0n) is 15.4. The van der Waals surface area contributed by atoms with Crippen molar-refractivity contribution in [1.29, 1.82) is 0 Å². The topological polar surface area (TPSA) is 57.7 Å². The number of benzene rings is 3. The standard InChI is InChI=1S/C22H20N2O3S/c1-17-9-8-10-18(15-17)21-16-23(28(26,27)20-13-6-3-7-14-20)22(25)24(21)19-11-4-2-5-12-19/h2-15,21H,16H2,1H3. The fourth-order valence-electron chi connectivity index (χ4n) is 3.50. The van der Waals surface area contributed by atoms with E-state index in [9.17, 15) is 13.2 Å². The molecule has 3 aromatic rings. The van der Waals surface area contributed by atoms with Gasteiger partial charge in [0, 0.05) is 5.69 Å². The number of nitrogens with zero attached hydrogens (tertiary/aromatic N) is 2. The minimum Gasteiger partial charge on any atom is -0.284 e. The van der Waals surface area contributed by atoms with Gasteiger partial charge in [-0.3, -0.25) is 4.90 Å². The number of amides is 2. The normalized spacial score (nSPS) is 17.2. The lowest BCUT2D eigenvalue weighted by Crippen LogP contribution is -2.36. The molecule has 0 radical (unpaired) electrons. The first-order valence-corrected chi connectivity index (χ1v) is 10.4. The molecule has 142 valence electrons. The predicted octanol–water partition coefficient (Wildman–Crippen LogP) is 4.37. The number of rotatable bonds is 4. The zero-order valence-corrected chi connectivity index (χ0v) is 16.2. The summed E-state index contributed by atoms with van der Waals surface area (Å²) < 4.78 is 27.3. The molecule has 0 bridgehead atoms. The molecule has 1 aliphatic rings. The van der Waals surface area contributed by atoms with Crippen LogP contribution in [0, 0.1) is 6.92 Å². The van der Waals surface area contributed by atoms with E-state index < -0.39 is 22.1 Å². The number of carbonyl (C=O) groups excluding carboxylic acids is 1. The predicted molar refractivity (Wildman–Crippen MR) is 109 cm³/mol. The molecule has 1 unspecified atom stereocenters. The number of carbonyl (C=O) groups is 1. The Balaban J connectivity index is 1.81. The maximum absolute atomic E-state index is 13.3. The van der Waals surface area contributed by atoms with Crippen LogP contribution in [0.1, 0.15) is 17.2 Å². The molecule has 6 heteroatoms. The maximum atomic E-state index is 13.3. The molecule has 1 atom stereocenters. The van der Waals surface area contributed by atoms with Crippen molar-refractivity contribution in [2.75, 3.05) is 11.4 Å². The molecule has 0 saturated carbocycles. The molecule has 3 aromatic carbocycles. The molecule has 0 spiro atoms. The summed E-state index contributed by atoms with van der Waals surface area (Å²) in [4.78, 5) is 14.9. The van der Waals surface area contributed by atoms with Gasteiger partial charge in [-0.25, -0.2) is 17.5 Å². The summed E-state index contributed by atoms with van der Waals surface area (Å²) in [5.74, 6) is 0. The molecule has 0 N–H and O–H groups in total. The van der Waals surface area contributed by atoms with Crippen molar-refractivity contribution in [3.63, 3.8) is 0 Å². The van der Waals surface area contributed by atoms with Gasteiger partial charge in [0.2, 0.25) is 0 Å². The Morgan fingerprint density at radius 1 is 0.857 bits per heavy atom. The van der Waals surface area contributed by atoms with Gasteiger partial charge in [0.15, 0.2) is 0 Å². The van der Waals surface area contributed by atoms with E-state index in [1.807, 2.05) is 61.5 Å². The van der Waals surface area contributed by atoms with Crippen LogP contribution in [0.5, 0.6) is 0 Å². The molecule has 1 aliphatic heterocycles. The maximum Gasteiger partial charge on any atom is 0.339 e. The summed E-state index contributed by atoms with van der Waals surface area (Å²) >= 11 is 0. The molecule has 1 heterocycles. The molecule has 0 aliphatic carbocycles. The minimum absolute atomic E-state index is 0.0639. The number of hydrogen-bond acceptors (Lipinski definition) is 3. The highest BCUT2D eigenvalue weighted by molar-refractivity contribution is 7.89. The number of aryl methyl sites for hydroxylation is 1. The molecule has 2 amide bonds. The van der Waals surface area contributed by atoms with Crippen LogP contribution in [0.3, 0.4) is 0 Å². The molecule has 1 fully saturated rings. The summed E-state index contributed by atoms with van der Waals surface area (Å²) in [6.07, 6.45) is 0. The molecule has 5 nitrogen and oxygen atoms in total. The lowest BCUT2D eigenvalue weighted by Gasteiger charge is -2.23. The van der Waals surface area contributed by atoms with E-state index in [2.05, 4.69) is 0 Å². The van der Waals surface area contributed by atoms with Gasteiger partial charge in [-0.1, -0.05) is 66.2 Å². The highest BCUT2D eigenvalue weighted by atomic mass is 32.2. The van der Waals surface area contributed by atoms with E-state index in [1.54, 1.807) is 23.1 Å². The van der Waals surface area contributed by atoms with Gasteiger partial charge in [0.25, 0.3) is 10.0 Å². The first-order chi connectivity index (χ1) is 13.5. The molecule has 28 heavy (non-hydrogen) atoms. The van der Waals surface area contributed by atoms with Gasteiger partial charge in [-0.05, 0) is 36.8 Å². The van der Waals surface area contributed by atoms with Crippen molar-refractivity contribution in [2.24, 2.45) is 0 Å². The third kappa shape index (κ3) is 3.16. The quantitative estimate of drug-likeness (QED) is 0.663. The van der Waals surface area contributed by atoms with Crippen molar-refractivity contribution in [3.05, 3.63) is 96.1 Å². The number of sulfonamides is 1. The van der Waals surface area contributed by atoms with Gasteiger partial charge in [0.1, 0.15) is 0 Å². The second kappa shape index (κ2) is 7.13. The van der Waals surface area contributed by atoms with Crippen LogP contribution in [-0.2, 0) is 10.0 Å². The van der Waals surface area contributed by atoms with Crippen LogP contribution in [0.25, 0.3) is 0 Å². The molecule has 4 rings (SSSR count). The van der Waals surface area contributed by atoms with E-state index in [1.165, 1.54) is 12.1 Å². The third-order valence-electron chi connectivity index (χ3n) is 4.86. The SMILES string of the molecule is Cc1cccc(C2CN(S(=O)(=O)c3ccccc3)C(=O)N2c2ccccc2)c1. The fourth-order valence-corrected chi connectivity index (χ4v) is 4.89. The van der Waals surface area contributed by atoms with Gasteiger partial charge >= 0.3 is 6.03 Å². The lowest BCUT2D eigenvalue weighted by molar-refractivity contribution is 0.239. The van der Waals surface area contributed by atoms with Crippen molar-refractivity contribution >= 4 is 21.7 Å². The molecular formula is C22H20N2O3S. The Labute approximate surface area is 164 Å². The van der Waals surface area contributed by atoms with Gasteiger partial charge < -0.3 is 0 Å². The van der Waals surface area contributed by atoms with Gasteiger partial charge in [0.05, 0.1) is 17.5 Å². The monoisotopic (exact) mass is 392 g/mol. The molecular weight excluding hydrogens is 372 g/mol. The first kappa shape index (κ1) is 18.3. The summed E-state index contributed by atoms with van der Waals surface area (Å²) in [6.45, 7) is 2.04. The van der Waals surface area contributed by atoms with E-state index in [0.717, 1.165) is 15.4 Å². The van der Waals surface area contributed by atoms with Gasteiger partial charge in [-0.15, -0.1) is 0 Å².